The minimum atomic E-state index is -0.235. The number of hydrogen-bond donors (Lipinski definition) is 1. The van der Waals surface area contributed by atoms with Crippen LogP contribution in [0.25, 0.3) is 11.0 Å². The molecule has 6 heteroatoms. The molecule has 0 aliphatic heterocycles. The Bertz CT molecular complexity index is 1190. The van der Waals surface area contributed by atoms with Crippen LogP contribution in [0.1, 0.15) is 41.1 Å². The van der Waals surface area contributed by atoms with E-state index in [1.54, 1.807) is 24.3 Å². The quantitative estimate of drug-likeness (QED) is 0.400. The molecule has 0 radical (unpaired) electrons. The third-order valence-corrected chi connectivity index (χ3v) is 5.92. The van der Waals surface area contributed by atoms with Gasteiger partial charge in [0, 0.05) is 23.7 Å². The van der Waals surface area contributed by atoms with Crippen LogP contribution in [0.5, 0.6) is 0 Å². The van der Waals surface area contributed by atoms with E-state index < -0.39 is 0 Å². The van der Waals surface area contributed by atoms with Gasteiger partial charge in [0.1, 0.15) is 5.82 Å². The van der Waals surface area contributed by atoms with Crippen LogP contribution in [-0.2, 0) is 6.54 Å². The van der Waals surface area contributed by atoms with Crippen molar-refractivity contribution in [3.8, 4) is 0 Å². The first kappa shape index (κ1) is 22.1. The molecule has 0 saturated heterocycles. The van der Waals surface area contributed by atoms with E-state index in [4.69, 9.17) is 22.3 Å². The predicted molar refractivity (Wildman–Crippen MR) is 130 cm³/mol. The maximum atomic E-state index is 13.5. The van der Waals surface area contributed by atoms with E-state index in [-0.39, 0.29) is 11.9 Å². The Morgan fingerprint density at radius 2 is 1.72 bits per heavy atom. The molecular weight excluding hydrogens is 420 g/mol. The Kier molecular flexibility index (Phi) is 6.88. The van der Waals surface area contributed by atoms with Gasteiger partial charge in [0.2, 0.25) is 0 Å². The highest BCUT2D eigenvalue weighted by Crippen LogP contribution is 2.27. The molecule has 4 rings (SSSR count). The van der Waals surface area contributed by atoms with Crippen molar-refractivity contribution in [2.45, 2.75) is 25.9 Å². The number of imidazole rings is 1. The summed E-state index contributed by atoms with van der Waals surface area (Å²) in [6.07, 6.45) is 0.711. The van der Waals surface area contributed by atoms with E-state index in [9.17, 15) is 4.79 Å². The van der Waals surface area contributed by atoms with Gasteiger partial charge in [-0.25, -0.2) is 4.98 Å². The second-order valence-corrected chi connectivity index (χ2v) is 8.29. The second kappa shape index (κ2) is 9.98. The molecule has 0 saturated carbocycles. The zero-order valence-electron chi connectivity index (χ0n) is 18.1. The van der Waals surface area contributed by atoms with Crippen LogP contribution in [0.2, 0.25) is 5.02 Å². The van der Waals surface area contributed by atoms with E-state index in [0.29, 0.717) is 36.6 Å². The highest BCUT2D eigenvalue weighted by atomic mass is 35.5. The Labute approximate surface area is 193 Å². The first-order chi connectivity index (χ1) is 15.6. The summed E-state index contributed by atoms with van der Waals surface area (Å²) in [7, 11) is 0. The van der Waals surface area contributed by atoms with Gasteiger partial charge in [-0.05, 0) is 61.9 Å². The summed E-state index contributed by atoms with van der Waals surface area (Å²) < 4.78 is 2.21. The Hall–Kier alpha value is -3.15. The average Bonchev–Trinajstić information content (AvgIpc) is 3.18. The number of amides is 1. The fraction of sp³-hybridized carbons (Fsp3) is 0.231. The third-order valence-electron chi connectivity index (χ3n) is 5.66. The van der Waals surface area contributed by atoms with Gasteiger partial charge >= 0.3 is 0 Å². The molecule has 5 nitrogen and oxygen atoms in total. The van der Waals surface area contributed by atoms with Gasteiger partial charge in [0.05, 0.1) is 17.1 Å². The molecule has 4 aromatic rings. The maximum absolute atomic E-state index is 13.5. The molecule has 1 atom stereocenters. The van der Waals surface area contributed by atoms with Crippen LogP contribution >= 0.6 is 11.6 Å². The number of nitrogens with zero attached hydrogens (tertiary/aromatic N) is 3. The number of fused-ring (bicyclic) bond motifs is 1. The van der Waals surface area contributed by atoms with Crippen molar-refractivity contribution in [1.29, 1.82) is 0 Å². The average molecular weight is 447 g/mol. The number of hydrogen-bond acceptors (Lipinski definition) is 3. The van der Waals surface area contributed by atoms with Crippen molar-refractivity contribution in [2.24, 2.45) is 5.73 Å². The molecular formula is C26H27ClN4O. The number of carbonyl (C=O) groups is 1. The van der Waals surface area contributed by atoms with Crippen molar-refractivity contribution in [3.63, 3.8) is 0 Å². The molecule has 3 aromatic carbocycles. The summed E-state index contributed by atoms with van der Waals surface area (Å²) in [5.74, 6) is 0.801. The van der Waals surface area contributed by atoms with E-state index in [1.807, 2.05) is 48.2 Å². The monoisotopic (exact) mass is 446 g/mol. The van der Waals surface area contributed by atoms with Gasteiger partial charge in [0.25, 0.3) is 5.91 Å². The SMILES string of the molecule is CC(c1nc2ccccc2n1Cc1ccccc1)N(CCCN)C(=O)c1ccc(Cl)cc1. The first-order valence-corrected chi connectivity index (χ1v) is 11.2. The zero-order valence-corrected chi connectivity index (χ0v) is 18.9. The minimum absolute atomic E-state index is 0.0547. The normalized spacial score (nSPS) is 12.1. The highest BCUT2D eigenvalue weighted by Gasteiger charge is 2.27. The molecule has 164 valence electrons. The smallest absolute Gasteiger partial charge is 0.254 e. The largest absolute Gasteiger partial charge is 0.330 e. The molecule has 1 unspecified atom stereocenters. The minimum Gasteiger partial charge on any atom is -0.330 e. The lowest BCUT2D eigenvalue weighted by atomic mass is 10.1. The van der Waals surface area contributed by atoms with Crippen LogP contribution in [0, 0.1) is 0 Å². The van der Waals surface area contributed by atoms with Gasteiger partial charge in [-0.2, -0.15) is 0 Å². The topological polar surface area (TPSA) is 64.2 Å². The molecule has 0 fully saturated rings. The van der Waals surface area contributed by atoms with Crippen molar-refractivity contribution < 1.29 is 4.79 Å². The van der Waals surface area contributed by atoms with Gasteiger partial charge in [-0.1, -0.05) is 54.1 Å². The molecule has 1 amide bonds. The van der Waals surface area contributed by atoms with Crippen molar-refractivity contribution >= 4 is 28.5 Å². The lowest BCUT2D eigenvalue weighted by Gasteiger charge is -2.29. The summed E-state index contributed by atoms with van der Waals surface area (Å²) in [6, 6.07) is 25.2. The van der Waals surface area contributed by atoms with Crippen LogP contribution in [0.4, 0.5) is 0 Å². The number of nitrogens with two attached hydrogens (primary N) is 1. The Morgan fingerprint density at radius 3 is 2.44 bits per heavy atom. The molecule has 2 N–H and O–H groups in total. The summed E-state index contributed by atoms with van der Waals surface area (Å²) in [6.45, 7) is 3.78. The molecule has 0 aliphatic carbocycles. The summed E-state index contributed by atoms with van der Waals surface area (Å²) in [5.41, 5.74) is 9.55. The second-order valence-electron chi connectivity index (χ2n) is 7.85. The lowest BCUT2D eigenvalue weighted by Crippen LogP contribution is -2.36. The van der Waals surface area contributed by atoms with Crippen LogP contribution in [0.3, 0.4) is 0 Å². The predicted octanol–water partition coefficient (Wildman–Crippen LogP) is 5.29. The van der Waals surface area contributed by atoms with Crippen molar-refractivity contribution in [3.05, 3.63) is 101 Å². The van der Waals surface area contributed by atoms with E-state index >= 15 is 0 Å². The number of rotatable bonds is 8. The molecule has 32 heavy (non-hydrogen) atoms. The standard InChI is InChI=1S/C26H27ClN4O/c1-19(30(17-7-16-28)26(32)21-12-14-22(27)15-13-21)25-29-23-10-5-6-11-24(23)31(25)18-20-8-3-2-4-9-20/h2-6,8-15,19H,7,16-18,28H2,1H3. The summed E-state index contributed by atoms with van der Waals surface area (Å²) in [4.78, 5) is 20.3. The van der Waals surface area contributed by atoms with Crippen LogP contribution in [-0.4, -0.2) is 33.4 Å². The maximum Gasteiger partial charge on any atom is 0.254 e. The highest BCUT2D eigenvalue weighted by molar-refractivity contribution is 6.30. The first-order valence-electron chi connectivity index (χ1n) is 10.8. The Balaban J connectivity index is 1.75. The third kappa shape index (κ3) is 4.69. The molecule has 0 bridgehead atoms. The zero-order chi connectivity index (χ0) is 22.5. The van der Waals surface area contributed by atoms with E-state index in [1.165, 1.54) is 5.56 Å². The number of para-hydroxylation sites is 2. The van der Waals surface area contributed by atoms with Crippen LogP contribution in [0.15, 0.2) is 78.9 Å². The number of carbonyl (C=O) groups excluding carboxylic acids is 1. The molecule has 0 aliphatic rings. The van der Waals surface area contributed by atoms with Gasteiger partial charge in [-0.15, -0.1) is 0 Å². The van der Waals surface area contributed by atoms with Gasteiger partial charge in [0.15, 0.2) is 0 Å². The van der Waals surface area contributed by atoms with Gasteiger partial charge in [-0.3, -0.25) is 4.79 Å². The molecule has 1 aromatic heterocycles. The van der Waals surface area contributed by atoms with Crippen LogP contribution < -0.4 is 5.73 Å². The van der Waals surface area contributed by atoms with Crippen molar-refractivity contribution in [1.82, 2.24) is 14.5 Å². The fourth-order valence-electron chi connectivity index (χ4n) is 3.98. The van der Waals surface area contributed by atoms with Gasteiger partial charge < -0.3 is 15.2 Å². The van der Waals surface area contributed by atoms with E-state index in [2.05, 4.69) is 22.8 Å². The lowest BCUT2D eigenvalue weighted by molar-refractivity contribution is 0.0679. The summed E-state index contributed by atoms with van der Waals surface area (Å²) >= 11 is 6.03. The molecule has 1 heterocycles. The Morgan fingerprint density at radius 1 is 1.03 bits per heavy atom. The fourth-order valence-corrected chi connectivity index (χ4v) is 4.10. The molecule has 0 spiro atoms. The number of aromatic nitrogens is 2. The van der Waals surface area contributed by atoms with E-state index in [0.717, 1.165) is 16.9 Å². The number of halogens is 1. The summed E-state index contributed by atoms with van der Waals surface area (Å²) in [5, 5.41) is 0.604. The van der Waals surface area contributed by atoms with Crippen molar-refractivity contribution in [2.75, 3.05) is 13.1 Å². The number of benzene rings is 3.